The van der Waals surface area contributed by atoms with Crippen molar-refractivity contribution < 1.29 is 4.79 Å². The van der Waals surface area contributed by atoms with Crippen molar-refractivity contribution in [3.8, 4) is 0 Å². The fourth-order valence-electron chi connectivity index (χ4n) is 2.81. The molecule has 1 heterocycles. The molecule has 1 atom stereocenters. The van der Waals surface area contributed by atoms with Crippen LogP contribution in [0.1, 0.15) is 41.4 Å². The molecule has 0 aliphatic rings. The van der Waals surface area contributed by atoms with Crippen LogP contribution in [0.25, 0.3) is 0 Å². The molecule has 1 amide bonds. The number of likely N-dealkylation sites (N-methyl/N-ethyl adjacent to an activating group) is 1. The highest BCUT2D eigenvalue weighted by atomic mass is 16.1. The van der Waals surface area contributed by atoms with Crippen LogP contribution in [0.15, 0.2) is 24.3 Å². The van der Waals surface area contributed by atoms with Gasteiger partial charge in [-0.2, -0.15) is 5.10 Å². The molecular weight excluding hydrogens is 312 g/mol. The summed E-state index contributed by atoms with van der Waals surface area (Å²) in [5, 5.41) is 10.7. The summed E-state index contributed by atoms with van der Waals surface area (Å²) in [7, 11) is 1.89. The Bertz CT molecular complexity index is 703. The van der Waals surface area contributed by atoms with Gasteiger partial charge in [0.25, 0.3) is 0 Å². The average molecular weight is 342 g/mol. The second-order valence-electron chi connectivity index (χ2n) is 6.79. The van der Waals surface area contributed by atoms with E-state index in [1.54, 1.807) is 0 Å². The first kappa shape index (κ1) is 19.2. The molecule has 2 aromatic rings. The predicted molar refractivity (Wildman–Crippen MR) is 102 cm³/mol. The number of aryl methyl sites for hydroxylation is 2. The average Bonchev–Trinajstić information content (AvgIpc) is 2.86. The first-order chi connectivity index (χ1) is 11.9. The standard InChI is InChI=1S/C20H30N4O/c1-14-6-8-18(9-7-14)13-24-17(4)19(16(3)23-24)10-11-20(25)22-12-15(2)21-5/h6-9,15,21H,10-13H2,1-5H3,(H,22,25). The number of carbonyl (C=O) groups is 1. The summed E-state index contributed by atoms with van der Waals surface area (Å²) >= 11 is 0. The minimum absolute atomic E-state index is 0.0900. The van der Waals surface area contributed by atoms with E-state index in [-0.39, 0.29) is 11.9 Å². The number of rotatable bonds is 8. The van der Waals surface area contributed by atoms with Crippen LogP contribution in [0.2, 0.25) is 0 Å². The summed E-state index contributed by atoms with van der Waals surface area (Å²) in [5.41, 5.74) is 5.84. The van der Waals surface area contributed by atoms with Crippen LogP contribution in [0, 0.1) is 20.8 Å². The first-order valence-corrected chi connectivity index (χ1v) is 8.93. The number of amides is 1. The number of benzene rings is 1. The quantitative estimate of drug-likeness (QED) is 0.775. The molecular formula is C20H30N4O. The number of nitrogens with zero attached hydrogens (tertiary/aromatic N) is 2. The van der Waals surface area contributed by atoms with Crippen molar-refractivity contribution in [3.63, 3.8) is 0 Å². The van der Waals surface area contributed by atoms with Crippen LogP contribution in [0.5, 0.6) is 0 Å². The lowest BCUT2D eigenvalue weighted by Crippen LogP contribution is -2.37. The Morgan fingerprint density at radius 3 is 2.52 bits per heavy atom. The van der Waals surface area contributed by atoms with Crippen LogP contribution in [0.3, 0.4) is 0 Å². The largest absolute Gasteiger partial charge is 0.355 e. The van der Waals surface area contributed by atoms with Crippen LogP contribution < -0.4 is 10.6 Å². The molecule has 1 aromatic heterocycles. The van der Waals surface area contributed by atoms with E-state index in [1.165, 1.54) is 16.7 Å². The van der Waals surface area contributed by atoms with Gasteiger partial charge in [-0.3, -0.25) is 9.48 Å². The van der Waals surface area contributed by atoms with Crippen LogP contribution in [-0.4, -0.2) is 35.3 Å². The Morgan fingerprint density at radius 2 is 1.88 bits per heavy atom. The lowest BCUT2D eigenvalue weighted by Gasteiger charge is -2.11. The number of carbonyl (C=O) groups excluding carboxylic acids is 1. The number of nitrogens with one attached hydrogen (secondary N) is 2. The Hall–Kier alpha value is -2.14. The third kappa shape index (κ3) is 5.43. The van der Waals surface area contributed by atoms with E-state index >= 15 is 0 Å². The maximum absolute atomic E-state index is 12.0. The van der Waals surface area contributed by atoms with Gasteiger partial charge < -0.3 is 10.6 Å². The van der Waals surface area contributed by atoms with Crippen molar-refractivity contribution >= 4 is 5.91 Å². The number of hydrogen-bond acceptors (Lipinski definition) is 3. The smallest absolute Gasteiger partial charge is 0.220 e. The predicted octanol–water partition coefficient (Wildman–Crippen LogP) is 2.51. The van der Waals surface area contributed by atoms with Gasteiger partial charge in [0.15, 0.2) is 0 Å². The summed E-state index contributed by atoms with van der Waals surface area (Å²) in [6, 6.07) is 8.81. The first-order valence-electron chi connectivity index (χ1n) is 8.93. The van der Waals surface area contributed by atoms with Crippen molar-refractivity contribution in [2.45, 2.75) is 53.1 Å². The number of aromatic nitrogens is 2. The van der Waals surface area contributed by atoms with E-state index in [9.17, 15) is 4.79 Å². The van der Waals surface area contributed by atoms with Crippen LogP contribution in [-0.2, 0) is 17.8 Å². The van der Waals surface area contributed by atoms with Gasteiger partial charge >= 0.3 is 0 Å². The molecule has 0 spiro atoms. The molecule has 0 saturated carbocycles. The Balaban J connectivity index is 1.96. The molecule has 25 heavy (non-hydrogen) atoms. The molecule has 0 bridgehead atoms. The zero-order valence-corrected chi connectivity index (χ0v) is 16.0. The van der Waals surface area contributed by atoms with Gasteiger partial charge in [0.2, 0.25) is 5.91 Å². The van der Waals surface area contributed by atoms with Crippen molar-refractivity contribution in [1.29, 1.82) is 0 Å². The summed E-state index contributed by atoms with van der Waals surface area (Å²) < 4.78 is 2.04. The lowest BCUT2D eigenvalue weighted by molar-refractivity contribution is -0.121. The van der Waals surface area contributed by atoms with Gasteiger partial charge in [-0.25, -0.2) is 0 Å². The molecule has 0 aliphatic heterocycles. The molecule has 136 valence electrons. The maximum atomic E-state index is 12.0. The van der Waals surface area contributed by atoms with E-state index in [0.717, 1.165) is 24.4 Å². The van der Waals surface area contributed by atoms with Crippen molar-refractivity contribution in [1.82, 2.24) is 20.4 Å². The van der Waals surface area contributed by atoms with Gasteiger partial charge in [0.05, 0.1) is 12.2 Å². The highest BCUT2D eigenvalue weighted by molar-refractivity contribution is 5.76. The normalized spacial score (nSPS) is 12.2. The monoisotopic (exact) mass is 342 g/mol. The van der Waals surface area contributed by atoms with Crippen molar-refractivity contribution in [2.75, 3.05) is 13.6 Å². The van der Waals surface area contributed by atoms with E-state index in [4.69, 9.17) is 0 Å². The summed E-state index contributed by atoms with van der Waals surface area (Å²) in [5.74, 6) is 0.0900. The van der Waals surface area contributed by atoms with E-state index < -0.39 is 0 Å². The van der Waals surface area contributed by atoms with Crippen molar-refractivity contribution in [3.05, 3.63) is 52.3 Å². The van der Waals surface area contributed by atoms with E-state index in [0.29, 0.717) is 13.0 Å². The number of hydrogen-bond donors (Lipinski definition) is 2. The van der Waals surface area contributed by atoms with Crippen molar-refractivity contribution in [2.24, 2.45) is 0 Å². The highest BCUT2D eigenvalue weighted by Gasteiger charge is 2.13. The molecule has 5 heteroatoms. The van der Waals surface area contributed by atoms with Gasteiger partial charge in [-0.05, 0) is 52.3 Å². The van der Waals surface area contributed by atoms with Gasteiger partial charge in [-0.15, -0.1) is 0 Å². The molecule has 2 N–H and O–H groups in total. The highest BCUT2D eigenvalue weighted by Crippen LogP contribution is 2.17. The summed E-state index contributed by atoms with van der Waals surface area (Å²) in [6.07, 6.45) is 1.22. The van der Waals surface area contributed by atoms with Crippen LogP contribution in [0.4, 0.5) is 0 Å². The van der Waals surface area contributed by atoms with Gasteiger partial charge in [0.1, 0.15) is 0 Å². The lowest BCUT2D eigenvalue weighted by atomic mass is 10.1. The molecule has 2 rings (SSSR count). The zero-order chi connectivity index (χ0) is 18.4. The fourth-order valence-corrected chi connectivity index (χ4v) is 2.81. The Morgan fingerprint density at radius 1 is 1.20 bits per heavy atom. The Kier molecular flexibility index (Phi) is 6.76. The molecule has 0 aliphatic carbocycles. The molecule has 1 aromatic carbocycles. The molecule has 0 radical (unpaired) electrons. The molecule has 1 unspecified atom stereocenters. The summed E-state index contributed by atoms with van der Waals surface area (Å²) in [4.78, 5) is 12.0. The third-order valence-electron chi connectivity index (χ3n) is 4.68. The van der Waals surface area contributed by atoms with Gasteiger partial charge in [0, 0.05) is 24.7 Å². The zero-order valence-electron chi connectivity index (χ0n) is 16.0. The minimum Gasteiger partial charge on any atom is -0.355 e. The molecule has 5 nitrogen and oxygen atoms in total. The second-order valence-corrected chi connectivity index (χ2v) is 6.79. The fraction of sp³-hybridized carbons (Fsp3) is 0.500. The summed E-state index contributed by atoms with van der Waals surface area (Å²) in [6.45, 7) is 9.66. The SMILES string of the molecule is CNC(C)CNC(=O)CCc1c(C)nn(Cc2ccc(C)cc2)c1C. The molecule has 0 fully saturated rings. The van der Waals surface area contributed by atoms with Gasteiger partial charge in [-0.1, -0.05) is 29.8 Å². The maximum Gasteiger partial charge on any atom is 0.220 e. The van der Waals surface area contributed by atoms with E-state index in [1.807, 2.05) is 25.6 Å². The second kappa shape index (κ2) is 8.81. The third-order valence-corrected chi connectivity index (χ3v) is 4.68. The molecule has 0 saturated heterocycles. The topological polar surface area (TPSA) is 58.9 Å². The Labute approximate surface area is 150 Å². The van der Waals surface area contributed by atoms with E-state index in [2.05, 4.69) is 53.8 Å². The van der Waals surface area contributed by atoms with Crippen LogP contribution >= 0.6 is 0 Å². The minimum atomic E-state index is 0.0900.